The summed E-state index contributed by atoms with van der Waals surface area (Å²) in [5, 5.41) is 3.88. The van der Waals surface area contributed by atoms with Crippen LogP contribution in [0.5, 0.6) is 5.75 Å². The number of hydrogen-bond donors (Lipinski definition) is 1. The molecule has 1 N–H and O–H groups in total. The molecule has 0 radical (unpaired) electrons. The lowest BCUT2D eigenvalue weighted by Gasteiger charge is -2.16. The van der Waals surface area contributed by atoms with Crippen molar-refractivity contribution in [3.05, 3.63) is 146 Å². The number of carbonyl (C=O) groups is 1. The van der Waals surface area contributed by atoms with E-state index in [1.807, 2.05) is 95.0 Å². The van der Waals surface area contributed by atoms with Crippen molar-refractivity contribution in [1.82, 2.24) is 29.2 Å². The van der Waals surface area contributed by atoms with Crippen molar-refractivity contribution in [3.8, 4) is 11.4 Å². The smallest absolute Gasteiger partial charge is 0.244 e. The number of fused-ring (bicyclic) bond motifs is 1. The first-order valence-electron chi connectivity index (χ1n) is 14.3. The maximum Gasteiger partial charge on any atom is 0.244 e. The number of benzene rings is 1. The molecule has 0 unspecified atom stereocenters. The highest BCUT2D eigenvalue weighted by atomic mass is 79.9. The molecule has 0 bridgehead atoms. The van der Waals surface area contributed by atoms with Crippen molar-refractivity contribution in [1.29, 1.82) is 0 Å². The Balaban J connectivity index is 1.10. The summed E-state index contributed by atoms with van der Waals surface area (Å²) in [6, 6.07) is 18.9. The Morgan fingerprint density at radius 2 is 1.80 bits per heavy atom. The molecule has 0 aliphatic rings. The van der Waals surface area contributed by atoms with Gasteiger partial charge in [-0.05, 0) is 101 Å². The largest absolute Gasteiger partial charge is 0.485 e. The molecule has 6 aromatic rings. The summed E-state index contributed by atoms with van der Waals surface area (Å²) < 4.78 is 10.9. The zero-order valence-corrected chi connectivity index (χ0v) is 27.7. The van der Waals surface area contributed by atoms with E-state index >= 15 is 0 Å². The van der Waals surface area contributed by atoms with Gasteiger partial charge in [-0.1, -0.05) is 35.3 Å². The Morgan fingerprint density at radius 3 is 2.61 bits per heavy atom. The average molecular weight is 714 g/mol. The van der Waals surface area contributed by atoms with E-state index in [2.05, 4.69) is 36.2 Å². The number of rotatable bonds is 10. The van der Waals surface area contributed by atoms with Gasteiger partial charge in [0.25, 0.3) is 0 Å². The molecule has 5 heterocycles. The molecule has 0 atom stereocenters. The van der Waals surface area contributed by atoms with Crippen LogP contribution in [0.2, 0.25) is 10.0 Å². The number of nitrogens with one attached hydrogen (secondary N) is 1. The number of halogens is 3. The van der Waals surface area contributed by atoms with Crippen LogP contribution in [0.25, 0.3) is 29.6 Å². The second kappa shape index (κ2) is 14.2. The Morgan fingerprint density at radius 1 is 0.978 bits per heavy atom. The summed E-state index contributed by atoms with van der Waals surface area (Å²) in [5.74, 6) is 0.372. The molecule has 0 fully saturated rings. The number of nitrogens with zero attached hydrogens (tertiary/aromatic N) is 5. The van der Waals surface area contributed by atoms with Crippen LogP contribution in [0.3, 0.4) is 0 Å². The lowest BCUT2D eigenvalue weighted by molar-refractivity contribution is -0.116. The molecule has 0 spiro atoms. The summed E-state index contributed by atoms with van der Waals surface area (Å²) in [7, 11) is 0. The third-order valence-corrected chi connectivity index (χ3v) is 8.91. The molecule has 0 aliphatic carbocycles. The fraction of sp³-hybridized carbons (Fsp3) is 0.0857. The van der Waals surface area contributed by atoms with E-state index < -0.39 is 0 Å². The van der Waals surface area contributed by atoms with Gasteiger partial charge < -0.3 is 14.6 Å². The number of aromatic nitrogens is 5. The van der Waals surface area contributed by atoms with Gasteiger partial charge in [0.2, 0.25) is 5.91 Å². The number of amides is 1. The van der Waals surface area contributed by atoms with Gasteiger partial charge in [-0.3, -0.25) is 19.2 Å². The predicted molar refractivity (Wildman–Crippen MR) is 186 cm³/mol. The van der Waals surface area contributed by atoms with Gasteiger partial charge in [-0.15, -0.1) is 0 Å². The lowest BCUT2D eigenvalue weighted by Crippen LogP contribution is -2.21. The first-order chi connectivity index (χ1) is 22.4. The van der Waals surface area contributed by atoms with Crippen LogP contribution in [0, 0.1) is 6.92 Å². The fourth-order valence-electron chi connectivity index (χ4n) is 4.77. The SMILES string of the molecule is Cc1nc2c(OCc3c(Cl)ccc(-n4cccc4CNC(=O)C=Cc4ccc(C=Cc5ccncc5)nc4)c3Cl)cccn2c1Br. The van der Waals surface area contributed by atoms with Gasteiger partial charge in [-0.2, -0.15) is 0 Å². The number of pyridine rings is 3. The third kappa shape index (κ3) is 7.07. The topological polar surface area (TPSA) is 86.3 Å². The van der Waals surface area contributed by atoms with Crippen molar-refractivity contribution in [2.24, 2.45) is 0 Å². The highest BCUT2D eigenvalue weighted by Gasteiger charge is 2.17. The van der Waals surface area contributed by atoms with E-state index in [4.69, 9.17) is 27.9 Å². The maximum atomic E-state index is 12.7. The zero-order chi connectivity index (χ0) is 32.0. The van der Waals surface area contributed by atoms with Crippen LogP contribution in [-0.2, 0) is 17.9 Å². The van der Waals surface area contributed by atoms with Gasteiger partial charge in [0, 0.05) is 53.3 Å². The highest BCUT2D eigenvalue weighted by Crippen LogP contribution is 2.33. The molecular weight excluding hydrogens is 687 g/mol. The molecule has 6 rings (SSSR count). The summed E-state index contributed by atoms with van der Waals surface area (Å²) in [6.45, 7) is 2.35. The molecule has 230 valence electrons. The predicted octanol–water partition coefficient (Wildman–Crippen LogP) is 8.37. The monoisotopic (exact) mass is 712 g/mol. The molecule has 0 saturated carbocycles. The van der Waals surface area contributed by atoms with Crippen molar-refractivity contribution in [2.75, 3.05) is 0 Å². The number of aryl methyl sites for hydroxylation is 1. The Hall–Kier alpha value is -4.70. The van der Waals surface area contributed by atoms with E-state index in [9.17, 15) is 4.79 Å². The number of imidazole rings is 1. The molecule has 8 nitrogen and oxygen atoms in total. The molecule has 0 saturated heterocycles. The van der Waals surface area contributed by atoms with E-state index in [0.717, 1.165) is 38.5 Å². The van der Waals surface area contributed by atoms with Gasteiger partial charge >= 0.3 is 0 Å². The van der Waals surface area contributed by atoms with Crippen LogP contribution in [0.1, 0.15) is 33.8 Å². The summed E-state index contributed by atoms with van der Waals surface area (Å²) in [5.41, 5.74) is 6.42. The molecule has 1 amide bonds. The van der Waals surface area contributed by atoms with E-state index in [1.54, 1.807) is 30.7 Å². The Kier molecular flexibility index (Phi) is 9.63. The first kappa shape index (κ1) is 31.3. The summed E-state index contributed by atoms with van der Waals surface area (Å²) in [6.07, 6.45) is 16.1. The van der Waals surface area contributed by atoms with Crippen molar-refractivity contribution in [3.63, 3.8) is 0 Å². The van der Waals surface area contributed by atoms with Gasteiger partial charge in [0.05, 0.1) is 28.6 Å². The van der Waals surface area contributed by atoms with Crippen molar-refractivity contribution in [2.45, 2.75) is 20.1 Å². The van der Waals surface area contributed by atoms with Crippen LogP contribution in [0.4, 0.5) is 0 Å². The minimum atomic E-state index is -0.235. The standard InChI is InChI=1S/C35H27BrCl2N6O2/c1-23-34(36)44-19-3-5-31(35(44)42-23)46-22-28-29(37)11-12-30(33(28)38)43-18-2-4-27(43)21-41-32(45)13-8-25-7-10-26(40-20-25)9-6-24-14-16-39-17-15-24/h2-20H,21-22H2,1H3,(H,41,45). The highest BCUT2D eigenvalue weighted by molar-refractivity contribution is 9.10. The Labute approximate surface area is 284 Å². The van der Waals surface area contributed by atoms with E-state index in [0.29, 0.717) is 27.0 Å². The van der Waals surface area contributed by atoms with Gasteiger partial charge in [0.15, 0.2) is 11.4 Å². The first-order valence-corrected chi connectivity index (χ1v) is 15.8. The molecule has 11 heteroatoms. The minimum absolute atomic E-state index is 0.143. The quantitative estimate of drug-likeness (QED) is 0.144. The molecular formula is C35H27BrCl2N6O2. The van der Waals surface area contributed by atoms with E-state index in [-0.39, 0.29) is 19.1 Å². The average Bonchev–Trinajstić information content (AvgIpc) is 3.66. The van der Waals surface area contributed by atoms with Gasteiger partial charge in [0.1, 0.15) is 11.2 Å². The zero-order valence-electron chi connectivity index (χ0n) is 24.6. The van der Waals surface area contributed by atoms with Gasteiger partial charge in [-0.25, -0.2) is 4.98 Å². The van der Waals surface area contributed by atoms with Crippen LogP contribution in [0.15, 0.2) is 102 Å². The molecule has 0 aliphatic heterocycles. The lowest BCUT2D eigenvalue weighted by atomic mass is 10.2. The second-order valence-corrected chi connectivity index (χ2v) is 11.8. The number of carbonyl (C=O) groups excluding carboxylic acids is 1. The number of hydrogen-bond acceptors (Lipinski definition) is 5. The van der Waals surface area contributed by atoms with Crippen LogP contribution in [-0.4, -0.2) is 29.8 Å². The van der Waals surface area contributed by atoms with Crippen LogP contribution >= 0.6 is 39.1 Å². The molecule has 1 aromatic carbocycles. The third-order valence-electron chi connectivity index (χ3n) is 7.18. The van der Waals surface area contributed by atoms with Crippen LogP contribution < -0.4 is 10.1 Å². The van der Waals surface area contributed by atoms with E-state index in [1.165, 1.54) is 6.08 Å². The minimum Gasteiger partial charge on any atom is -0.485 e. The molecule has 5 aromatic heterocycles. The maximum absolute atomic E-state index is 12.7. The normalized spacial score (nSPS) is 11.6. The summed E-state index contributed by atoms with van der Waals surface area (Å²) >= 11 is 17.0. The van der Waals surface area contributed by atoms with Crippen molar-refractivity contribution >= 4 is 68.9 Å². The summed E-state index contributed by atoms with van der Waals surface area (Å²) in [4.78, 5) is 25.7. The Bertz CT molecular complexity index is 2070. The second-order valence-electron chi connectivity index (χ2n) is 10.3. The number of ether oxygens (including phenoxy) is 1. The van der Waals surface area contributed by atoms with Crippen molar-refractivity contribution < 1.29 is 9.53 Å². The molecule has 46 heavy (non-hydrogen) atoms. The fourth-order valence-corrected chi connectivity index (χ4v) is 5.71.